The average Bonchev–Trinajstić information content (AvgIpc) is 2.49. The third kappa shape index (κ3) is 3.26. The highest BCUT2D eigenvalue weighted by atomic mass is 127. The van der Waals surface area contributed by atoms with Gasteiger partial charge in [0.2, 0.25) is 0 Å². The Morgan fingerprint density at radius 3 is 1.96 bits per heavy atom. The van der Waals surface area contributed by atoms with Gasteiger partial charge in [-0.25, -0.2) is 0 Å². The molecule has 0 fully saturated rings. The van der Waals surface area contributed by atoms with E-state index in [0.29, 0.717) is 14.3 Å². The summed E-state index contributed by atoms with van der Waals surface area (Å²) in [6.45, 7) is 0. The average molecular weight is 816 g/mol. The maximum Gasteiger partial charge on any atom is 0.344 e. The first kappa shape index (κ1) is 19.6. The first-order chi connectivity index (χ1) is 11.1. The van der Waals surface area contributed by atoms with Gasteiger partial charge in [-0.05, 0) is 102 Å². The van der Waals surface area contributed by atoms with Crippen molar-refractivity contribution in [2.45, 2.75) is 9.79 Å². The van der Waals surface area contributed by atoms with Crippen molar-refractivity contribution in [1.29, 1.82) is 0 Å². The summed E-state index contributed by atoms with van der Waals surface area (Å²) in [4.78, 5) is -0.617. The molecular formula is C12H4I4O6S2. The molecule has 3 rings (SSSR count). The molecule has 0 amide bonds. The Bertz CT molecular complexity index is 1080. The molecule has 2 aromatic carbocycles. The SMILES string of the molecule is O=S1(=O)Oc2c(I)c(I)c(I)c(I)c2S(=O)(=O)Oc2ccccc21. The summed E-state index contributed by atoms with van der Waals surface area (Å²) >= 11 is 7.73. The van der Waals surface area contributed by atoms with Crippen LogP contribution in [0.3, 0.4) is 0 Å². The number of fused-ring (bicyclic) bond motifs is 2. The van der Waals surface area contributed by atoms with E-state index in [2.05, 4.69) is 0 Å². The molecule has 0 spiro atoms. The second-order valence-electron chi connectivity index (χ2n) is 4.44. The van der Waals surface area contributed by atoms with Gasteiger partial charge in [-0.2, -0.15) is 16.8 Å². The highest BCUT2D eigenvalue weighted by molar-refractivity contribution is 14.1. The summed E-state index contributed by atoms with van der Waals surface area (Å²) in [5.41, 5.74) is 0. The van der Waals surface area contributed by atoms with Crippen molar-refractivity contribution in [2.24, 2.45) is 0 Å². The monoisotopic (exact) mass is 816 g/mol. The van der Waals surface area contributed by atoms with E-state index in [-0.39, 0.29) is 21.3 Å². The smallest absolute Gasteiger partial charge is 0.344 e. The zero-order valence-electron chi connectivity index (χ0n) is 11.1. The first-order valence-corrected chi connectivity index (χ1v) is 13.0. The number of hydrogen-bond acceptors (Lipinski definition) is 6. The molecule has 2 aromatic rings. The Morgan fingerprint density at radius 1 is 0.708 bits per heavy atom. The molecule has 6 nitrogen and oxygen atoms in total. The second-order valence-corrected chi connectivity index (χ2v) is 11.7. The lowest BCUT2D eigenvalue weighted by molar-refractivity contribution is 0.441. The van der Waals surface area contributed by atoms with Crippen molar-refractivity contribution in [3.8, 4) is 11.5 Å². The van der Waals surface area contributed by atoms with Gasteiger partial charge in [-0.3, -0.25) is 0 Å². The summed E-state index contributed by atoms with van der Waals surface area (Å²) in [5.74, 6) is -0.526. The van der Waals surface area contributed by atoms with E-state index in [1.165, 1.54) is 24.3 Å². The van der Waals surface area contributed by atoms with Gasteiger partial charge in [-0.1, -0.05) is 12.1 Å². The maximum atomic E-state index is 12.7. The normalized spacial score (nSPS) is 17.5. The standard InChI is InChI=1S/C12H4I4O6S2/c13-7-8(14)10(16)12-11(9(7)15)22-23(17,18)6-4-2-1-3-5(6)21-24(12,19)20/h1-4H. The molecule has 1 aliphatic heterocycles. The van der Waals surface area contributed by atoms with E-state index in [9.17, 15) is 16.8 Å². The van der Waals surface area contributed by atoms with Crippen molar-refractivity contribution in [2.75, 3.05) is 0 Å². The van der Waals surface area contributed by atoms with Gasteiger partial charge in [0, 0.05) is 7.14 Å². The third-order valence-corrected chi connectivity index (χ3v) is 13.2. The quantitative estimate of drug-likeness (QED) is 0.174. The molecule has 0 aromatic heterocycles. The van der Waals surface area contributed by atoms with Crippen molar-refractivity contribution in [1.82, 2.24) is 0 Å². The zero-order valence-corrected chi connectivity index (χ0v) is 21.4. The van der Waals surface area contributed by atoms with E-state index >= 15 is 0 Å². The predicted octanol–water partition coefficient (Wildman–Crippen LogP) is 3.95. The van der Waals surface area contributed by atoms with Gasteiger partial charge in [0.15, 0.2) is 16.4 Å². The number of hydrogen-bond donors (Lipinski definition) is 0. The van der Waals surface area contributed by atoms with Crippen molar-refractivity contribution in [3.63, 3.8) is 0 Å². The second kappa shape index (κ2) is 6.79. The van der Waals surface area contributed by atoms with Gasteiger partial charge in [0.1, 0.15) is 4.90 Å². The molecule has 0 radical (unpaired) electrons. The Hall–Kier alpha value is 0.860. The molecule has 0 atom stereocenters. The van der Waals surface area contributed by atoms with Crippen LogP contribution in [0.15, 0.2) is 34.1 Å². The van der Waals surface area contributed by atoms with Crippen molar-refractivity contribution >= 4 is 111 Å². The molecule has 128 valence electrons. The van der Waals surface area contributed by atoms with E-state index in [0.717, 1.165) is 0 Å². The van der Waals surface area contributed by atoms with E-state index in [1.807, 2.05) is 90.4 Å². The van der Waals surface area contributed by atoms with Crippen LogP contribution < -0.4 is 8.37 Å². The Kier molecular flexibility index (Phi) is 5.55. The minimum Gasteiger partial charge on any atom is -0.377 e. The lowest BCUT2D eigenvalue weighted by Crippen LogP contribution is -2.23. The van der Waals surface area contributed by atoms with Crippen LogP contribution in [0.25, 0.3) is 0 Å². The summed E-state index contributed by atoms with van der Waals surface area (Å²) in [6, 6.07) is 5.46. The number of rotatable bonds is 0. The molecular weight excluding hydrogens is 812 g/mol. The van der Waals surface area contributed by atoms with Crippen LogP contribution in [-0.2, 0) is 20.2 Å². The van der Waals surface area contributed by atoms with Crippen LogP contribution in [0.1, 0.15) is 0 Å². The minimum absolute atomic E-state index is 0.237. The number of para-hydroxylation sites is 1. The molecule has 0 saturated heterocycles. The van der Waals surface area contributed by atoms with Crippen LogP contribution >= 0.6 is 90.4 Å². The number of benzene rings is 2. The maximum absolute atomic E-state index is 12.7. The van der Waals surface area contributed by atoms with Crippen LogP contribution in [-0.4, -0.2) is 16.8 Å². The molecule has 1 aliphatic rings. The molecule has 0 saturated carbocycles. The van der Waals surface area contributed by atoms with Crippen LogP contribution in [0.4, 0.5) is 0 Å². The molecule has 24 heavy (non-hydrogen) atoms. The summed E-state index contributed by atoms with van der Waals surface area (Å²) in [7, 11) is -8.51. The van der Waals surface area contributed by atoms with Gasteiger partial charge < -0.3 is 8.37 Å². The predicted molar refractivity (Wildman–Crippen MR) is 119 cm³/mol. The molecule has 0 bridgehead atoms. The summed E-state index contributed by atoms with van der Waals surface area (Å²) in [5, 5.41) is 0. The lowest BCUT2D eigenvalue weighted by Gasteiger charge is -2.21. The Balaban J connectivity index is 2.46. The summed E-state index contributed by atoms with van der Waals surface area (Å²) < 4.78 is 63.1. The molecule has 1 heterocycles. The largest absolute Gasteiger partial charge is 0.377 e. The van der Waals surface area contributed by atoms with E-state index < -0.39 is 20.2 Å². The minimum atomic E-state index is -4.27. The van der Waals surface area contributed by atoms with Crippen LogP contribution in [0, 0.1) is 14.3 Å². The zero-order chi connectivity index (χ0) is 17.9. The Morgan fingerprint density at radius 2 is 1.29 bits per heavy atom. The third-order valence-electron chi connectivity index (χ3n) is 2.94. The van der Waals surface area contributed by atoms with Gasteiger partial charge >= 0.3 is 20.2 Å². The summed E-state index contributed by atoms with van der Waals surface area (Å²) in [6.07, 6.45) is 0. The highest BCUT2D eigenvalue weighted by Gasteiger charge is 2.38. The van der Waals surface area contributed by atoms with E-state index in [1.54, 1.807) is 0 Å². The fraction of sp³-hybridized carbons (Fsp3) is 0. The molecule has 0 N–H and O–H groups in total. The van der Waals surface area contributed by atoms with Gasteiger partial charge in [-0.15, -0.1) is 0 Å². The first-order valence-electron chi connectivity index (χ1n) is 5.90. The highest BCUT2D eigenvalue weighted by Crippen LogP contribution is 2.44. The van der Waals surface area contributed by atoms with Crippen molar-refractivity contribution in [3.05, 3.63) is 38.5 Å². The topological polar surface area (TPSA) is 86.7 Å². The number of halogens is 4. The fourth-order valence-electron chi connectivity index (χ4n) is 1.93. The van der Waals surface area contributed by atoms with Crippen molar-refractivity contribution < 1.29 is 25.2 Å². The van der Waals surface area contributed by atoms with Crippen LogP contribution in [0.2, 0.25) is 0 Å². The molecule has 0 aliphatic carbocycles. The van der Waals surface area contributed by atoms with Gasteiger partial charge in [0.25, 0.3) is 0 Å². The fourth-order valence-corrected chi connectivity index (χ4v) is 8.84. The van der Waals surface area contributed by atoms with Crippen LogP contribution in [0.5, 0.6) is 11.5 Å². The lowest BCUT2D eigenvalue weighted by atomic mass is 10.3. The van der Waals surface area contributed by atoms with E-state index in [4.69, 9.17) is 8.37 Å². The molecule has 12 heteroatoms. The molecule has 0 unspecified atom stereocenters. The van der Waals surface area contributed by atoms with Gasteiger partial charge in [0.05, 0.1) is 7.14 Å². The Labute approximate surface area is 192 Å².